The maximum atomic E-state index is 6.09. The first-order valence-electron chi connectivity index (χ1n) is 9.05. The number of hydrogen-bond donors (Lipinski definition) is 2. The van der Waals surface area contributed by atoms with Gasteiger partial charge in [-0.3, -0.25) is 9.89 Å². The molecule has 0 bridgehead atoms. The first-order chi connectivity index (χ1) is 11.1. The second kappa shape index (κ2) is 10.8. The van der Waals surface area contributed by atoms with Crippen molar-refractivity contribution in [2.75, 3.05) is 53.5 Å². The molecule has 2 aliphatic rings. The fourth-order valence-corrected chi connectivity index (χ4v) is 3.80. The zero-order chi connectivity index (χ0) is 16.7. The molecule has 0 amide bonds. The normalized spacial score (nSPS) is 24.2. The highest BCUT2D eigenvalue weighted by molar-refractivity contribution is 14.0. The van der Waals surface area contributed by atoms with Gasteiger partial charge in [-0.05, 0) is 65.8 Å². The summed E-state index contributed by atoms with van der Waals surface area (Å²) < 4.78 is 5.14. The van der Waals surface area contributed by atoms with Gasteiger partial charge in [-0.2, -0.15) is 0 Å². The van der Waals surface area contributed by atoms with Crippen molar-refractivity contribution in [1.82, 2.24) is 15.1 Å². The van der Waals surface area contributed by atoms with Crippen molar-refractivity contribution in [2.45, 2.75) is 50.6 Å². The number of likely N-dealkylation sites (tertiary alicyclic amines) is 2. The minimum atomic E-state index is 0. The van der Waals surface area contributed by atoms with Gasteiger partial charge in [0.05, 0.1) is 13.2 Å². The number of nitrogens with two attached hydrogens (primary N) is 1. The average molecular weight is 453 g/mol. The largest absolute Gasteiger partial charge is 0.383 e. The summed E-state index contributed by atoms with van der Waals surface area (Å²) in [7, 11) is 3.92. The third-order valence-corrected chi connectivity index (χ3v) is 5.30. The molecular formula is C17H36IN5O. The van der Waals surface area contributed by atoms with Gasteiger partial charge >= 0.3 is 0 Å². The summed E-state index contributed by atoms with van der Waals surface area (Å²) in [6, 6.07) is 0.187. The van der Waals surface area contributed by atoms with E-state index in [1.807, 2.05) is 0 Å². The second-order valence-electron chi connectivity index (χ2n) is 7.28. The Hall–Kier alpha value is -0.120. The van der Waals surface area contributed by atoms with Crippen LogP contribution in [0.15, 0.2) is 4.99 Å². The molecule has 0 radical (unpaired) electrons. The van der Waals surface area contributed by atoms with E-state index < -0.39 is 0 Å². The van der Waals surface area contributed by atoms with Crippen LogP contribution in [-0.2, 0) is 4.74 Å². The number of halogens is 1. The van der Waals surface area contributed by atoms with E-state index in [9.17, 15) is 0 Å². The molecule has 0 spiro atoms. The van der Waals surface area contributed by atoms with Gasteiger partial charge in [0, 0.05) is 18.7 Å². The van der Waals surface area contributed by atoms with Crippen LogP contribution < -0.4 is 11.1 Å². The molecule has 2 saturated heterocycles. The smallest absolute Gasteiger partial charge is 0.188 e. The molecule has 142 valence electrons. The number of hydrogen-bond acceptors (Lipinski definition) is 4. The van der Waals surface area contributed by atoms with Crippen molar-refractivity contribution in [2.24, 2.45) is 10.7 Å². The first kappa shape index (κ1) is 21.9. The van der Waals surface area contributed by atoms with Crippen LogP contribution in [0.2, 0.25) is 0 Å². The number of ether oxygens (including phenoxy) is 1. The Morgan fingerprint density at radius 2 is 1.83 bits per heavy atom. The number of piperidine rings is 2. The van der Waals surface area contributed by atoms with Crippen LogP contribution in [0.5, 0.6) is 0 Å². The zero-order valence-electron chi connectivity index (χ0n) is 15.6. The van der Waals surface area contributed by atoms with Gasteiger partial charge in [-0.1, -0.05) is 6.42 Å². The van der Waals surface area contributed by atoms with Crippen molar-refractivity contribution in [3.8, 4) is 0 Å². The molecular weight excluding hydrogens is 417 g/mol. The van der Waals surface area contributed by atoms with Gasteiger partial charge in [0.15, 0.2) is 5.96 Å². The zero-order valence-corrected chi connectivity index (χ0v) is 17.9. The van der Waals surface area contributed by atoms with E-state index in [4.69, 9.17) is 15.5 Å². The Kier molecular flexibility index (Phi) is 9.84. The van der Waals surface area contributed by atoms with E-state index in [0.717, 1.165) is 19.6 Å². The average Bonchev–Trinajstić information content (AvgIpc) is 2.56. The van der Waals surface area contributed by atoms with E-state index in [1.54, 1.807) is 7.11 Å². The summed E-state index contributed by atoms with van der Waals surface area (Å²) >= 11 is 0. The van der Waals surface area contributed by atoms with Crippen LogP contribution in [0.25, 0.3) is 0 Å². The standard InChI is InChI=1S/C17H35N5O.HI/c1-15(13-23-3)20-16(18)19-14-17(7-11-21(2)12-8-17)22-9-5-4-6-10-22;/h15H,4-14H2,1-3H3,(H3,18,19,20);1H. The van der Waals surface area contributed by atoms with Crippen LogP contribution in [0.1, 0.15) is 39.0 Å². The van der Waals surface area contributed by atoms with E-state index >= 15 is 0 Å². The van der Waals surface area contributed by atoms with E-state index in [2.05, 4.69) is 29.1 Å². The second-order valence-corrected chi connectivity index (χ2v) is 7.28. The Bertz CT molecular complexity index is 379. The molecule has 3 N–H and O–H groups in total. The lowest BCUT2D eigenvalue weighted by Crippen LogP contribution is -2.58. The summed E-state index contributed by atoms with van der Waals surface area (Å²) in [6.07, 6.45) is 6.38. The van der Waals surface area contributed by atoms with Crippen LogP contribution in [0.4, 0.5) is 0 Å². The van der Waals surface area contributed by atoms with Gasteiger partial charge in [-0.25, -0.2) is 0 Å². The molecule has 24 heavy (non-hydrogen) atoms. The molecule has 1 unspecified atom stereocenters. The molecule has 1 atom stereocenters. The molecule has 0 saturated carbocycles. The Balaban J connectivity index is 0.00000288. The van der Waals surface area contributed by atoms with Crippen molar-refractivity contribution >= 4 is 29.9 Å². The van der Waals surface area contributed by atoms with E-state index in [1.165, 1.54) is 45.2 Å². The summed E-state index contributed by atoms with van der Waals surface area (Å²) in [6.45, 7) is 8.23. The lowest BCUT2D eigenvalue weighted by molar-refractivity contribution is 0.0208. The van der Waals surface area contributed by atoms with Crippen molar-refractivity contribution in [3.05, 3.63) is 0 Å². The van der Waals surface area contributed by atoms with Crippen LogP contribution in [0, 0.1) is 0 Å². The van der Waals surface area contributed by atoms with Gasteiger partial charge < -0.3 is 20.7 Å². The number of rotatable bonds is 6. The van der Waals surface area contributed by atoms with Gasteiger partial charge in [-0.15, -0.1) is 24.0 Å². The maximum Gasteiger partial charge on any atom is 0.188 e. The molecule has 0 aromatic rings. The Morgan fingerprint density at radius 3 is 2.42 bits per heavy atom. The predicted octanol–water partition coefficient (Wildman–Crippen LogP) is 1.49. The molecule has 7 heteroatoms. The monoisotopic (exact) mass is 453 g/mol. The number of methoxy groups -OCH3 is 1. The van der Waals surface area contributed by atoms with Crippen molar-refractivity contribution < 1.29 is 4.74 Å². The molecule has 2 fully saturated rings. The van der Waals surface area contributed by atoms with Crippen molar-refractivity contribution in [3.63, 3.8) is 0 Å². The number of nitrogens with zero attached hydrogens (tertiary/aromatic N) is 3. The van der Waals surface area contributed by atoms with Gasteiger partial charge in [0.1, 0.15) is 0 Å². The number of nitrogens with one attached hydrogen (secondary N) is 1. The van der Waals surface area contributed by atoms with Gasteiger partial charge in [0.25, 0.3) is 0 Å². The summed E-state index contributed by atoms with van der Waals surface area (Å²) in [4.78, 5) is 9.83. The highest BCUT2D eigenvalue weighted by atomic mass is 127. The van der Waals surface area contributed by atoms with E-state index in [-0.39, 0.29) is 35.6 Å². The molecule has 2 heterocycles. The molecule has 0 aliphatic carbocycles. The highest BCUT2D eigenvalue weighted by Crippen LogP contribution is 2.31. The van der Waals surface area contributed by atoms with Gasteiger partial charge in [0.2, 0.25) is 0 Å². The quantitative estimate of drug-likeness (QED) is 0.363. The lowest BCUT2D eigenvalue weighted by Gasteiger charge is -2.49. The molecule has 6 nitrogen and oxygen atoms in total. The lowest BCUT2D eigenvalue weighted by atomic mass is 9.84. The summed E-state index contributed by atoms with van der Waals surface area (Å²) in [5.41, 5.74) is 6.29. The minimum Gasteiger partial charge on any atom is -0.383 e. The topological polar surface area (TPSA) is 66.1 Å². The molecule has 2 rings (SSSR count). The van der Waals surface area contributed by atoms with Crippen LogP contribution in [-0.4, -0.2) is 80.8 Å². The van der Waals surface area contributed by atoms with Crippen LogP contribution in [0.3, 0.4) is 0 Å². The number of guanidine groups is 1. The molecule has 2 aliphatic heterocycles. The fraction of sp³-hybridized carbons (Fsp3) is 0.941. The highest BCUT2D eigenvalue weighted by Gasteiger charge is 2.39. The SMILES string of the molecule is COCC(C)NC(N)=NCC1(N2CCCCC2)CCN(C)CC1.I. The summed E-state index contributed by atoms with van der Waals surface area (Å²) in [5.74, 6) is 0.546. The fourth-order valence-electron chi connectivity index (χ4n) is 3.80. The minimum absolute atomic E-state index is 0. The first-order valence-corrected chi connectivity index (χ1v) is 9.05. The molecule has 0 aromatic heterocycles. The third-order valence-electron chi connectivity index (χ3n) is 5.30. The number of aliphatic imine (C=N–C) groups is 1. The Labute approximate surface area is 164 Å². The molecule has 0 aromatic carbocycles. The maximum absolute atomic E-state index is 6.09. The Morgan fingerprint density at radius 1 is 1.21 bits per heavy atom. The van der Waals surface area contributed by atoms with Crippen LogP contribution >= 0.6 is 24.0 Å². The summed E-state index contributed by atoms with van der Waals surface area (Å²) in [5, 5.41) is 3.22. The third kappa shape index (κ3) is 6.31. The predicted molar refractivity (Wildman–Crippen MR) is 111 cm³/mol. The van der Waals surface area contributed by atoms with Crippen molar-refractivity contribution in [1.29, 1.82) is 0 Å². The van der Waals surface area contributed by atoms with E-state index in [0.29, 0.717) is 12.6 Å².